The average molecular weight is 217 g/mol. The molecule has 6 heteroatoms. The molecule has 2 aromatic heterocycles. The van der Waals surface area contributed by atoms with Crippen molar-refractivity contribution in [2.24, 2.45) is 7.05 Å². The van der Waals surface area contributed by atoms with Crippen LogP contribution in [0.1, 0.15) is 5.69 Å². The summed E-state index contributed by atoms with van der Waals surface area (Å²) in [5, 5.41) is 17.1. The minimum atomic E-state index is 0.414. The molecule has 0 amide bonds. The first kappa shape index (κ1) is 9.68. The second-order valence-electron chi connectivity index (χ2n) is 2.82. The smallest absolute Gasteiger partial charge is 0.195 e. The molecule has 0 bridgehead atoms. The molecule has 0 saturated heterocycles. The zero-order chi connectivity index (χ0) is 10.7. The van der Waals surface area contributed by atoms with E-state index in [4.69, 9.17) is 5.26 Å². The van der Waals surface area contributed by atoms with Gasteiger partial charge in [0.2, 0.25) is 0 Å². The summed E-state index contributed by atoms with van der Waals surface area (Å²) in [6.07, 6.45) is 3.29. The Morgan fingerprint density at radius 2 is 2.33 bits per heavy atom. The van der Waals surface area contributed by atoms with Crippen LogP contribution in [0.3, 0.4) is 0 Å². The Labute approximate surface area is 90.8 Å². The summed E-state index contributed by atoms with van der Waals surface area (Å²) in [5.41, 5.74) is 0.414. The SMILES string of the molecule is Cn1cnnc1Sc1ccc(C#N)nc1. The molecule has 0 spiro atoms. The Balaban J connectivity index is 2.19. The monoisotopic (exact) mass is 217 g/mol. The number of nitrogens with zero attached hydrogens (tertiary/aromatic N) is 5. The van der Waals surface area contributed by atoms with Crippen LogP contribution in [-0.4, -0.2) is 19.7 Å². The van der Waals surface area contributed by atoms with Crippen molar-refractivity contribution in [1.82, 2.24) is 19.7 Å². The van der Waals surface area contributed by atoms with Gasteiger partial charge in [-0.15, -0.1) is 10.2 Å². The van der Waals surface area contributed by atoms with Crippen molar-refractivity contribution in [3.05, 3.63) is 30.4 Å². The van der Waals surface area contributed by atoms with Gasteiger partial charge in [0.25, 0.3) is 0 Å². The number of hydrogen-bond acceptors (Lipinski definition) is 5. The van der Waals surface area contributed by atoms with Gasteiger partial charge in [0.1, 0.15) is 18.1 Å². The molecule has 0 unspecified atom stereocenters. The summed E-state index contributed by atoms with van der Waals surface area (Å²) in [7, 11) is 1.87. The van der Waals surface area contributed by atoms with Gasteiger partial charge in [0.15, 0.2) is 5.16 Å². The van der Waals surface area contributed by atoms with Crippen molar-refractivity contribution in [1.29, 1.82) is 5.26 Å². The first-order valence-corrected chi connectivity index (χ1v) is 4.99. The van der Waals surface area contributed by atoms with Crippen LogP contribution in [0.5, 0.6) is 0 Å². The molecule has 0 radical (unpaired) electrons. The van der Waals surface area contributed by atoms with Gasteiger partial charge in [0.05, 0.1) is 0 Å². The third-order valence-corrected chi connectivity index (χ3v) is 2.76. The topological polar surface area (TPSA) is 67.4 Å². The lowest BCUT2D eigenvalue weighted by Gasteiger charge is -1.99. The minimum absolute atomic E-state index is 0.414. The van der Waals surface area contributed by atoms with Crippen LogP contribution in [0.2, 0.25) is 0 Å². The van der Waals surface area contributed by atoms with Crippen LogP contribution in [0.4, 0.5) is 0 Å². The van der Waals surface area contributed by atoms with E-state index in [0.29, 0.717) is 5.69 Å². The fourth-order valence-corrected chi connectivity index (χ4v) is 1.71. The largest absolute Gasteiger partial charge is 0.311 e. The summed E-state index contributed by atoms with van der Waals surface area (Å²) < 4.78 is 1.82. The lowest BCUT2D eigenvalue weighted by atomic mass is 10.4. The van der Waals surface area contributed by atoms with E-state index in [1.165, 1.54) is 11.8 Å². The lowest BCUT2D eigenvalue weighted by Crippen LogP contribution is -1.89. The van der Waals surface area contributed by atoms with E-state index in [9.17, 15) is 0 Å². The van der Waals surface area contributed by atoms with Crippen molar-refractivity contribution in [2.75, 3.05) is 0 Å². The molecule has 0 aliphatic heterocycles. The van der Waals surface area contributed by atoms with E-state index in [1.807, 2.05) is 23.8 Å². The molecule has 2 rings (SSSR count). The van der Waals surface area contributed by atoms with Gasteiger partial charge < -0.3 is 4.57 Å². The van der Waals surface area contributed by atoms with Crippen molar-refractivity contribution in [3.8, 4) is 6.07 Å². The maximum absolute atomic E-state index is 8.58. The Bertz CT molecular complexity index is 496. The highest BCUT2D eigenvalue weighted by Gasteiger charge is 2.03. The predicted octanol–water partition coefficient (Wildman–Crippen LogP) is 1.23. The van der Waals surface area contributed by atoms with Crippen molar-refractivity contribution < 1.29 is 0 Å². The minimum Gasteiger partial charge on any atom is -0.311 e. The fraction of sp³-hybridized carbons (Fsp3) is 0.111. The lowest BCUT2D eigenvalue weighted by molar-refractivity contribution is 0.788. The highest BCUT2D eigenvalue weighted by atomic mass is 32.2. The molecule has 15 heavy (non-hydrogen) atoms. The molecule has 0 fully saturated rings. The second kappa shape index (κ2) is 4.11. The maximum atomic E-state index is 8.58. The van der Waals surface area contributed by atoms with Crippen LogP contribution in [0.25, 0.3) is 0 Å². The molecule has 0 aliphatic rings. The summed E-state index contributed by atoms with van der Waals surface area (Å²) in [4.78, 5) is 4.90. The summed E-state index contributed by atoms with van der Waals surface area (Å²) >= 11 is 1.46. The normalized spacial score (nSPS) is 9.87. The number of aryl methyl sites for hydroxylation is 1. The van der Waals surface area contributed by atoms with Gasteiger partial charge >= 0.3 is 0 Å². The van der Waals surface area contributed by atoms with Crippen molar-refractivity contribution >= 4 is 11.8 Å². The van der Waals surface area contributed by atoms with E-state index >= 15 is 0 Å². The molecular weight excluding hydrogens is 210 g/mol. The Hall–Kier alpha value is -1.87. The molecule has 0 aromatic carbocycles. The van der Waals surface area contributed by atoms with Crippen LogP contribution in [-0.2, 0) is 7.05 Å². The Morgan fingerprint density at radius 3 is 2.87 bits per heavy atom. The highest BCUT2D eigenvalue weighted by Crippen LogP contribution is 2.24. The number of nitriles is 1. The zero-order valence-corrected chi connectivity index (χ0v) is 8.77. The van der Waals surface area contributed by atoms with Gasteiger partial charge in [-0.3, -0.25) is 0 Å². The molecular formula is C9H7N5S. The number of pyridine rings is 1. The van der Waals surface area contributed by atoms with Crippen LogP contribution < -0.4 is 0 Å². The van der Waals surface area contributed by atoms with Crippen molar-refractivity contribution in [2.45, 2.75) is 10.1 Å². The van der Waals surface area contributed by atoms with E-state index in [1.54, 1.807) is 18.6 Å². The Kier molecular flexibility index (Phi) is 2.65. The van der Waals surface area contributed by atoms with Gasteiger partial charge in [0, 0.05) is 18.1 Å². The molecule has 2 heterocycles. The third-order valence-electron chi connectivity index (χ3n) is 1.73. The van der Waals surface area contributed by atoms with E-state index < -0.39 is 0 Å². The second-order valence-corrected chi connectivity index (χ2v) is 3.86. The third kappa shape index (κ3) is 2.14. The summed E-state index contributed by atoms with van der Waals surface area (Å²) in [5.74, 6) is 0. The summed E-state index contributed by atoms with van der Waals surface area (Å²) in [6, 6.07) is 5.49. The quantitative estimate of drug-likeness (QED) is 0.756. The summed E-state index contributed by atoms with van der Waals surface area (Å²) in [6.45, 7) is 0. The molecule has 0 atom stereocenters. The highest BCUT2D eigenvalue weighted by molar-refractivity contribution is 7.99. The molecule has 2 aromatic rings. The molecule has 0 N–H and O–H groups in total. The van der Waals surface area contributed by atoms with Gasteiger partial charge in [-0.05, 0) is 23.9 Å². The number of aromatic nitrogens is 4. The van der Waals surface area contributed by atoms with Crippen LogP contribution >= 0.6 is 11.8 Å². The maximum Gasteiger partial charge on any atom is 0.195 e. The van der Waals surface area contributed by atoms with Gasteiger partial charge in [-0.1, -0.05) is 0 Å². The molecule has 74 valence electrons. The average Bonchev–Trinajstić information content (AvgIpc) is 2.66. The standard InChI is InChI=1S/C9H7N5S/c1-14-6-12-13-9(14)15-8-3-2-7(4-10)11-5-8/h2-3,5-6H,1H3. The first-order valence-electron chi connectivity index (χ1n) is 4.17. The number of rotatable bonds is 2. The Morgan fingerprint density at radius 1 is 1.47 bits per heavy atom. The zero-order valence-electron chi connectivity index (χ0n) is 7.95. The fourth-order valence-electron chi connectivity index (χ4n) is 0.977. The molecule has 0 saturated carbocycles. The molecule has 5 nitrogen and oxygen atoms in total. The molecule has 0 aliphatic carbocycles. The van der Waals surface area contributed by atoms with E-state index in [0.717, 1.165) is 10.1 Å². The van der Waals surface area contributed by atoms with E-state index in [-0.39, 0.29) is 0 Å². The predicted molar refractivity (Wildman–Crippen MR) is 54.1 cm³/mol. The van der Waals surface area contributed by atoms with Gasteiger partial charge in [-0.25, -0.2) is 4.98 Å². The first-order chi connectivity index (χ1) is 7.29. The van der Waals surface area contributed by atoms with Gasteiger partial charge in [-0.2, -0.15) is 5.26 Å². The number of hydrogen-bond donors (Lipinski definition) is 0. The van der Waals surface area contributed by atoms with Crippen LogP contribution in [0.15, 0.2) is 34.7 Å². The van der Waals surface area contributed by atoms with Crippen molar-refractivity contribution in [3.63, 3.8) is 0 Å². The van der Waals surface area contributed by atoms with E-state index in [2.05, 4.69) is 15.2 Å². The van der Waals surface area contributed by atoms with Crippen LogP contribution in [0, 0.1) is 11.3 Å².